The number of aryl methyl sites for hydroxylation is 1. The van der Waals surface area contributed by atoms with Gasteiger partial charge < -0.3 is 4.57 Å². The Labute approximate surface area is 201 Å². The zero-order valence-corrected chi connectivity index (χ0v) is 20.8. The van der Waals surface area contributed by atoms with Crippen molar-refractivity contribution in [3.8, 4) is 0 Å². The number of non-ortho nitro benzene ring substituents is 1. The van der Waals surface area contributed by atoms with Crippen LogP contribution in [-0.4, -0.2) is 41.2 Å². The molecule has 1 amide bonds. The van der Waals surface area contributed by atoms with E-state index in [9.17, 15) is 23.3 Å². The Kier molecular flexibility index (Phi) is 6.70. The Morgan fingerprint density at radius 2 is 1.79 bits per heavy atom. The van der Waals surface area contributed by atoms with Crippen molar-refractivity contribution in [1.29, 1.82) is 0 Å². The number of fused-ring (bicyclic) bond motifs is 1. The van der Waals surface area contributed by atoms with E-state index in [4.69, 9.17) is 0 Å². The summed E-state index contributed by atoms with van der Waals surface area (Å²) in [5.74, 6) is 0.0878. The second-order valence-corrected chi connectivity index (χ2v) is 11.7. The van der Waals surface area contributed by atoms with E-state index in [0.29, 0.717) is 41.8 Å². The van der Waals surface area contributed by atoms with Crippen LogP contribution in [0.5, 0.6) is 0 Å². The number of piperidine rings is 1. The second kappa shape index (κ2) is 9.40. The smallest absolute Gasteiger partial charge is 0.279 e. The molecule has 1 saturated heterocycles. The summed E-state index contributed by atoms with van der Waals surface area (Å²) in [5.41, 5.74) is 0.879. The van der Waals surface area contributed by atoms with Crippen LogP contribution in [0, 0.1) is 22.0 Å². The molecule has 34 heavy (non-hydrogen) atoms. The minimum absolute atomic E-state index is 0.0281. The minimum atomic E-state index is -3.63. The maximum absolute atomic E-state index is 13.1. The number of thiazole rings is 1. The molecule has 4 rings (SSSR count). The molecule has 2 unspecified atom stereocenters. The van der Waals surface area contributed by atoms with Gasteiger partial charge in [-0.05, 0) is 55.5 Å². The van der Waals surface area contributed by atoms with Gasteiger partial charge in [0.15, 0.2) is 4.80 Å². The molecule has 2 atom stereocenters. The molecule has 0 radical (unpaired) electrons. The molecule has 0 bridgehead atoms. The lowest BCUT2D eigenvalue weighted by Gasteiger charge is -2.34. The number of sulfonamides is 1. The Morgan fingerprint density at radius 3 is 2.38 bits per heavy atom. The zero-order chi connectivity index (χ0) is 24.6. The normalized spacial score (nSPS) is 20.0. The Hall–Kier alpha value is -2.89. The van der Waals surface area contributed by atoms with Gasteiger partial charge in [-0.25, -0.2) is 8.42 Å². The van der Waals surface area contributed by atoms with E-state index in [1.54, 1.807) is 10.6 Å². The number of hydrogen-bond acceptors (Lipinski definition) is 6. The molecule has 1 aliphatic rings. The van der Waals surface area contributed by atoms with Gasteiger partial charge in [0.05, 0.1) is 20.0 Å². The molecule has 0 aliphatic carbocycles. The van der Waals surface area contributed by atoms with E-state index in [1.165, 1.54) is 52.0 Å². The van der Waals surface area contributed by atoms with Crippen molar-refractivity contribution in [2.75, 3.05) is 13.1 Å². The number of aromatic nitrogens is 1. The van der Waals surface area contributed by atoms with Crippen molar-refractivity contribution in [2.24, 2.45) is 16.8 Å². The maximum Gasteiger partial charge on any atom is 0.279 e. The molecule has 11 heteroatoms. The first-order valence-electron chi connectivity index (χ1n) is 11.1. The van der Waals surface area contributed by atoms with Gasteiger partial charge in [0.2, 0.25) is 10.0 Å². The highest BCUT2D eigenvalue weighted by Crippen LogP contribution is 2.27. The van der Waals surface area contributed by atoms with Crippen LogP contribution in [0.3, 0.4) is 0 Å². The molecule has 0 saturated carbocycles. The number of amides is 1. The second-order valence-electron chi connectivity index (χ2n) is 8.75. The molecule has 2 heterocycles. The van der Waals surface area contributed by atoms with Gasteiger partial charge in [-0.3, -0.25) is 14.9 Å². The van der Waals surface area contributed by atoms with Crippen molar-refractivity contribution in [2.45, 2.75) is 38.6 Å². The summed E-state index contributed by atoms with van der Waals surface area (Å²) in [7, 11) is -3.63. The molecule has 0 N–H and O–H groups in total. The Balaban J connectivity index is 1.63. The summed E-state index contributed by atoms with van der Waals surface area (Å²) >= 11 is 1.27. The van der Waals surface area contributed by atoms with Gasteiger partial charge in [-0.2, -0.15) is 9.30 Å². The van der Waals surface area contributed by atoms with Gasteiger partial charge >= 0.3 is 0 Å². The number of rotatable bonds is 5. The van der Waals surface area contributed by atoms with E-state index >= 15 is 0 Å². The van der Waals surface area contributed by atoms with Crippen molar-refractivity contribution >= 4 is 43.2 Å². The largest absolute Gasteiger partial charge is 0.316 e. The molecular weight excluding hydrogens is 476 g/mol. The first-order chi connectivity index (χ1) is 16.1. The van der Waals surface area contributed by atoms with Crippen LogP contribution in [0.25, 0.3) is 10.2 Å². The first-order valence-corrected chi connectivity index (χ1v) is 13.3. The highest BCUT2D eigenvalue weighted by molar-refractivity contribution is 7.89. The monoisotopic (exact) mass is 502 g/mol. The lowest BCUT2D eigenvalue weighted by Crippen LogP contribution is -2.42. The zero-order valence-electron chi connectivity index (χ0n) is 19.2. The number of carbonyl (C=O) groups is 1. The molecule has 3 aromatic rings. The van der Waals surface area contributed by atoms with E-state index in [2.05, 4.69) is 18.8 Å². The van der Waals surface area contributed by atoms with Crippen molar-refractivity contribution in [3.05, 3.63) is 62.9 Å². The number of hydrogen-bond donors (Lipinski definition) is 0. The number of benzene rings is 2. The van der Waals surface area contributed by atoms with Crippen LogP contribution >= 0.6 is 11.3 Å². The third-order valence-electron chi connectivity index (χ3n) is 5.96. The third kappa shape index (κ3) is 4.68. The summed E-state index contributed by atoms with van der Waals surface area (Å²) in [5, 5.41) is 11.1. The number of nitro groups is 1. The van der Waals surface area contributed by atoms with Crippen LogP contribution < -0.4 is 4.80 Å². The fourth-order valence-corrected chi connectivity index (χ4v) is 7.19. The first kappa shape index (κ1) is 24.2. The van der Waals surface area contributed by atoms with E-state index in [0.717, 1.165) is 11.1 Å². The molecular formula is C23H26N4O5S2. The van der Waals surface area contributed by atoms with Gasteiger partial charge in [0.1, 0.15) is 0 Å². The van der Waals surface area contributed by atoms with Gasteiger partial charge in [0.25, 0.3) is 11.6 Å². The SMILES string of the molecule is CCn1c(=NC(=O)c2ccc(S(=O)(=O)N3CC(C)CC(C)C3)cc2)sc2ccc([N+](=O)[O-])cc21. The molecule has 1 fully saturated rings. The van der Waals surface area contributed by atoms with E-state index in [-0.39, 0.29) is 16.1 Å². The lowest BCUT2D eigenvalue weighted by molar-refractivity contribution is -0.384. The molecule has 1 aromatic heterocycles. The summed E-state index contributed by atoms with van der Waals surface area (Å²) in [6.45, 7) is 7.44. The molecule has 1 aliphatic heterocycles. The minimum Gasteiger partial charge on any atom is -0.316 e. The summed E-state index contributed by atoms with van der Waals surface area (Å²) in [6, 6.07) is 10.4. The van der Waals surface area contributed by atoms with Crippen molar-refractivity contribution in [1.82, 2.24) is 8.87 Å². The quantitative estimate of drug-likeness (QED) is 0.386. The molecule has 0 spiro atoms. The highest BCUT2D eigenvalue weighted by Gasteiger charge is 2.31. The third-order valence-corrected chi connectivity index (χ3v) is 8.87. The van der Waals surface area contributed by atoms with Crippen LogP contribution in [-0.2, 0) is 16.6 Å². The average Bonchev–Trinajstić information content (AvgIpc) is 3.14. The van der Waals surface area contributed by atoms with Gasteiger partial charge in [0, 0.05) is 37.3 Å². The summed E-state index contributed by atoms with van der Waals surface area (Å²) in [4.78, 5) is 28.3. The van der Waals surface area contributed by atoms with Crippen LogP contribution in [0.15, 0.2) is 52.4 Å². The highest BCUT2D eigenvalue weighted by atomic mass is 32.2. The van der Waals surface area contributed by atoms with Gasteiger partial charge in [-0.15, -0.1) is 0 Å². The van der Waals surface area contributed by atoms with Crippen molar-refractivity contribution in [3.63, 3.8) is 0 Å². The van der Waals surface area contributed by atoms with E-state index < -0.39 is 20.9 Å². The summed E-state index contributed by atoms with van der Waals surface area (Å²) in [6.07, 6.45) is 1.00. The predicted molar refractivity (Wildman–Crippen MR) is 130 cm³/mol. The van der Waals surface area contributed by atoms with Crippen LogP contribution in [0.4, 0.5) is 5.69 Å². The average molecular weight is 503 g/mol. The number of carbonyl (C=O) groups excluding carboxylic acids is 1. The van der Waals surface area contributed by atoms with Crippen LogP contribution in [0.1, 0.15) is 37.6 Å². The standard InChI is InChI=1S/C23H26N4O5S2/c1-4-26-20-12-18(27(29)30)7-10-21(20)33-23(26)24-22(28)17-5-8-19(9-6-17)34(31,32)25-13-15(2)11-16(3)14-25/h5-10,12,15-16H,4,11,13-14H2,1-3H3. The molecule has 9 nitrogen and oxygen atoms in total. The topological polar surface area (TPSA) is 115 Å². The van der Waals surface area contributed by atoms with E-state index in [1.807, 2.05) is 6.92 Å². The number of nitro benzene ring substituents is 1. The fraction of sp³-hybridized carbons (Fsp3) is 0.391. The molecule has 180 valence electrons. The molecule has 2 aromatic carbocycles. The fourth-order valence-electron chi connectivity index (χ4n) is 4.43. The maximum atomic E-state index is 13.1. The van der Waals surface area contributed by atoms with Gasteiger partial charge in [-0.1, -0.05) is 25.2 Å². The predicted octanol–water partition coefficient (Wildman–Crippen LogP) is 4.04. The number of nitrogens with zero attached hydrogens (tertiary/aromatic N) is 4. The Bertz CT molecular complexity index is 1410. The summed E-state index contributed by atoms with van der Waals surface area (Å²) < 4.78 is 30.2. The lowest BCUT2D eigenvalue weighted by atomic mass is 9.94. The van der Waals surface area contributed by atoms with Crippen LogP contribution in [0.2, 0.25) is 0 Å². The van der Waals surface area contributed by atoms with Crippen molar-refractivity contribution < 1.29 is 18.1 Å². The Morgan fingerprint density at radius 1 is 1.15 bits per heavy atom.